The van der Waals surface area contributed by atoms with Gasteiger partial charge in [-0.15, -0.1) is 0 Å². The second-order valence-electron chi connectivity index (χ2n) is 3.98. The van der Waals surface area contributed by atoms with Crippen LogP contribution >= 0.6 is 0 Å². The molecule has 1 aromatic rings. The lowest BCUT2D eigenvalue weighted by atomic mass is 10.1. The monoisotopic (exact) mass is 309 g/mol. The molecule has 21 heavy (non-hydrogen) atoms. The van der Waals surface area contributed by atoms with E-state index < -0.39 is 35.4 Å². The van der Waals surface area contributed by atoms with E-state index in [1.54, 1.807) is 5.32 Å². The number of anilines is 1. The molecule has 0 saturated carbocycles. The van der Waals surface area contributed by atoms with Gasteiger partial charge >= 0.3 is 12.3 Å². The fourth-order valence-corrected chi connectivity index (χ4v) is 1.42. The summed E-state index contributed by atoms with van der Waals surface area (Å²) in [5.74, 6) is -5.50. The Labute approximate surface area is 116 Å². The lowest BCUT2D eigenvalue weighted by Crippen LogP contribution is -2.41. The minimum atomic E-state index is -4.38. The Bertz CT molecular complexity index is 552. The predicted molar refractivity (Wildman–Crippen MR) is 65.9 cm³/mol. The number of nitro benzene ring substituents is 1. The van der Waals surface area contributed by atoms with Crippen LogP contribution in [0.15, 0.2) is 18.2 Å². The number of non-ortho nitro benzene ring substituents is 1. The summed E-state index contributed by atoms with van der Waals surface area (Å²) in [5.41, 5.74) is -0.588. The molecule has 0 fully saturated rings. The van der Waals surface area contributed by atoms with E-state index in [1.165, 1.54) is 13.1 Å². The van der Waals surface area contributed by atoms with Gasteiger partial charge in [-0.2, -0.15) is 8.78 Å². The van der Waals surface area contributed by atoms with Gasteiger partial charge in [-0.1, -0.05) is 0 Å². The van der Waals surface area contributed by atoms with Crippen molar-refractivity contribution in [2.75, 3.05) is 18.9 Å². The first-order chi connectivity index (χ1) is 9.69. The van der Waals surface area contributed by atoms with Crippen LogP contribution in [0.3, 0.4) is 0 Å². The molecule has 0 aliphatic carbocycles. The number of nitro groups is 1. The number of nitrogens with zero attached hydrogens (tertiary/aromatic N) is 1. The Morgan fingerprint density at radius 2 is 2.05 bits per heavy atom. The zero-order valence-corrected chi connectivity index (χ0v) is 10.7. The number of nitrogens with one attached hydrogen (secondary N) is 2. The van der Waals surface area contributed by atoms with Crippen molar-refractivity contribution in [3.63, 3.8) is 0 Å². The molecule has 0 unspecified atom stereocenters. The number of alkyl halides is 4. The minimum Gasteiger partial charge on any atom is -0.387 e. The van der Waals surface area contributed by atoms with Crippen molar-refractivity contribution in [2.45, 2.75) is 12.3 Å². The van der Waals surface area contributed by atoms with E-state index in [0.717, 1.165) is 12.1 Å². The maximum absolute atomic E-state index is 12.7. The third-order valence-electron chi connectivity index (χ3n) is 2.53. The smallest absolute Gasteiger partial charge is 0.324 e. The van der Waals surface area contributed by atoms with Gasteiger partial charge in [0.2, 0.25) is 0 Å². The van der Waals surface area contributed by atoms with Crippen LogP contribution in [0.4, 0.5) is 28.9 Å². The highest BCUT2D eigenvalue weighted by Gasteiger charge is 2.41. The summed E-state index contributed by atoms with van der Waals surface area (Å²) in [6, 6.07) is 3.18. The van der Waals surface area contributed by atoms with Crippen LogP contribution in [0.5, 0.6) is 0 Å². The Kier molecular flexibility index (Phi) is 5.06. The van der Waals surface area contributed by atoms with Crippen molar-refractivity contribution >= 4 is 17.3 Å². The van der Waals surface area contributed by atoms with Crippen molar-refractivity contribution in [3.05, 3.63) is 33.9 Å². The molecule has 1 rings (SSSR count). The molecule has 0 spiro atoms. The standard InChI is InChI=1S/C11H11F4N3O3/c1-16-8-3-2-6(18(20)21)4-7(8)9(19)17-5-11(14,15)10(12)13/h2-4,10,16H,5H2,1H3,(H,17,19). The molecule has 0 atom stereocenters. The first-order valence-electron chi connectivity index (χ1n) is 5.59. The number of benzene rings is 1. The van der Waals surface area contributed by atoms with Crippen LogP contribution in [-0.2, 0) is 0 Å². The number of halogens is 4. The van der Waals surface area contributed by atoms with Gasteiger partial charge in [-0.25, -0.2) is 8.78 Å². The average molecular weight is 309 g/mol. The van der Waals surface area contributed by atoms with Crippen LogP contribution in [-0.4, -0.2) is 36.8 Å². The van der Waals surface area contributed by atoms with E-state index in [9.17, 15) is 32.5 Å². The summed E-state index contributed by atoms with van der Waals surface area (Å²) < 4.78 is 49.4. The van der Waals surface area contributed by atoms with Crippen molar-refractivity contribution < 1.29 is 27.3 Å². The number of hydrogen-bond donors (Lipinski definition) is 2. The molecule has 0 aliphatic heterocycles. The van der Waals surface area contributed by atoms with Crippen molar-refractivity contribution in [1.82, 2.24) is 5.32 Å². The molecular formula is C11H11F4N3O3. The van der Waals surface area contributed by atoms with Crippen LogP contribution < -0.4 is 10.6 Å². The Balaban J connectivity index is 2.96. The topological polar surface area (TPSA) is 84.3 Å². The van der Waals surface area contributed by atoms with Gasteiger partial charge in [0.05, 0.1) is 17.0 Å². The number of carbonyl (C=O) groups excluding carboxylic acids is 1. The molecule has 0 saturated heterocycles. The minimum absolute atomic E-state index is 0.137. The molecule has 0 bridgehead atoms. The van der Waals surface area contributed by atoms with Gasteiger partial charge in [-0.05, 0) is 6.07 Å². The Hall–Kier alpha value is -2.39. The van der Waals surface area contributed by atoms with Crippen molar-refractivity contribution in [2.24, 2.45) is 0 Å². The first kappa shape index (κ1) is 16.7. The zero-order valence-electron chi connectivity index (χ0n) is 10.7. The van der Waals surface area contributed by atoms with Crippen LogP contribution in [0.25, 0.3) is 0 Å². The largest absolute Gasteiger partial charge is 0.387 e. The van der Waals surface area contributed by atoms with E-state index >= 15 is 0 Å². The molecule has 0 aromatic heterocycles. The lowest BCUT2D eigenvalue weighted by molar-refractivity contribution is -0.384. The predicted octanol–water partition coefficient (Wildman–Crippen LogP) is 2.27. The van der Waals surface area contributed by atoms with E-state index in [4.69, 9.17) is 0 Å². The summed E-state index contributed by atoms with van der Waals surface area (Å²) in [7, 11) is 1.41. The molecule has 6 nitrogen and oxygen atoms in total. The van der Waals surface area contributed by atoms with Gasteiger partial charge in [0.15, 0.2) is 0 Å². The number of rotatable bonds is 6. The second kappa shape index (κ2) is 6.37. The van der Waals surface area contributed by atoms with E-state index in [2.05, 4.69) is 5.32 Å². The van der Waals surface area contributed by atoms with E-state index in [-0.39, 0.29) is 11.3 Å². The summed E-state index contributed by atoms with van der Waals surface area (Å²) >= 11 is 0. The van der Waals surface area contributed by atoms with Gasteiger partial charge in [0.25, 0.3) is 11.6 Å². The van der Waals surface area contributed by atoms with E-state index in [1.807, 2.05) is 0 Å². The second-order valence-corrected chi connectivity index (χ2v) is 3.98. The summed E-state index contributed by atoms with van der Waals surface area (Å²) in [6.07, 6.45) is -3.92. The SMILES string of the molecule is CNc1ccc([N+](=O)[O-])cc1C(=O)NCC(F)(F)C(F)F. The fraction of sp³-hybridized carbons (Fsp3) is 0.364. The molecule has 0 aliphatic rings. The Morgan fingerprint density at radius 1 is 1.43 bits per heavy atom. The summed E-state index contributed by atoms with van der Waals surface area (Å²) in [6.45, 7) is -1.57. The van der Waals surface area contributed by atoms with Crippen LogP contribution in [0, 0.1) is 10.1 Å². The third-order valence-corrected chi connectivity index (χ3v) is 2.53. The zero-order chi connectivity index (χ0) is 16.2. The molecule has 2 N–H and O–H groups in total. The van der Waals surface area contributed by atoms with E-state index in [0.29, 0.717) is 0 Å². The molecular weight excluding hydrogens is 298 g/mol. The molecule has 0 heterocycles. The highest BCUT2D eigenvalue weighted by molar-refractivity contribution is 6.00. The number of amides is 1. The molecule has 0 radical (unpaired) electrons. The molecule has 10 heteroatoms. The Morgan fingerprint density at radius 3 is 2.52 bits per heavy atom. The lowest BCUT2D eigenvalue weighted by Gasteiger charge is -2.16. The fourth-order valence-electron chi connectivity index (χ4n) is 1.42. The van der Waals surface area contributed by atoms with Crippen molar-refractivity contribution in [3.8, 4) is 0 Å². The highest BCUT2D eigenvalue weighted by Crippen LogP contribution is 2.24. The maximum atomic E-state index is 12.7. The average Bonchev–Trinajstić information content (AvgIpc) is 2.43. The summed E-state index contributed by atoms with van der Waals surface area (Å²) in [5, 5.41) is 14.8. The molecule has 116 valence electrons. The van der Waals surface area contributed by atoms with Crippen LogP contribution in [0.2, 0.25) is 0 Å². The van der Waals surface area contributed by atoms with Gasteiger partial charge in [0.1, 0.15) is 0 Å². The van der Waals surface area contributed by atoms with Gasteiger partial charge < -0.3 is 10.6 Å². The highest BCUT2D eigenvalue weighted by atomic mass is 19.3. The van der Waals surface area contributed by atoms with Crippen molar-refractivity contribution in [1.29, 1.82) is 0 Å². The summed E-state index contributed by atoms with van der Waals surface area (Å²) in [4.78, 5) is 21.6. The quantitative estimate of drug-likeness (QED) is 0.479. The first-order valence-corrected chi connectivity index (χ1v) is 5.59. The number of carbonyl (C=O) groups is 1. The molecule has 1 aromatic carbocycles. The van der Waals surface area contributed by atoms with Gasteiger partial charge in [-0.3, -0.25) is 14.9 Å². The third kappa shape index (κ3) is 4.04. The van der Waals surface area contributed by atoms with Crippen LogP contribution in [0.1, 0.15) is 10.4 Å². The maximum Gasteiger partial charge on any atom is 0.324 e. The van der Waals surface area contributed by atoms with Gasteiger partial charge in [0, 0.05) is 24.9 Å². The molecule has 1 amide bonds. The number of hydrogen-bond acceptors (Lipinski definition) is 4. The normalized spacial score (nSPS) is 11.3.